The third kappa shape index (κ3) is 5.03. The van der Waals surface area contributed by atoms with Gasteiger partial charge >= 0.3 is 0 Å². The van der Waals surface area contributed by atoms with Crippen molar-refractivity contribution < 1.29 is 9.47 Å². The maximum absolute atomic E-state index is 5.84. The van der Waals surface area contributed by atoms with Crippen LogP contribution < -0.4 is 14.9 Å². The zero-order chi connectivity index (χ0) is 13.2. The Balaban J connectivity index is 2.62. The highest BCUT2D eigenvalue weighted by Crippen LogP contribution is 2.18. The second-order valence-corrected chi connectivity index (χ2v) is 4.53. The van der Waals surface area contributed by atoms with Crippen LogP contribution in [0.2, 0.25) is 6.82 Å². The first-order valence-corrected chi connectivity index (χ1v) is 7.20. The molecule has 0 aromatic heterocycles. The molecule has 0 saturated heterocycles. The van der Waals surface area contributed by atoms with Crippen molar-refractivity contribution in [2.75, 3.05) is 13.2 Å². The van der Waals surface area contributed by atoms with E-state index in [9.17, 15) is 0 Å². The Kier molecular flexibility index (Phi) is 7.39. The number of ether oxygens (including phenoxy) is 2. The van der Waals surface area contributed by atoms with Crippen LogP contribution in [-0.4, -0.2) is 20.5 Å². The van der Waals surface area contributed by atoms with Gasteiger partial charge in [0.15, 0.2) is 7.28 Å². The Labute approximate surface area is 112 Å². The Morgan fingerprint density at radius 2 is 1.67 bits per heavy atom. The van der Waals surface area contributed by atoms with Crippen molar-refractivity contribution in [1.29, 1.82) is 0 Å². The molecule has 0 heterocycles. The van der Waals surface area contributed by atoms with Gasteiger partial charge in [-0.2, -0.15) is 0 Å². The summed E-state index contributed by atoms with van der Waals surface area (Å²) >= 11 is 0. The molecular weight excluding hydrogens is 223 g/mol. The minimum Gasteiger partial charge on any atom is -0.494 e. The molecule has 0 fully saturated rings. The standard InChI is InChI=1S/C15H25BO2/c1-4-6-10-17-13-8-9-14(16-3)15(12-13)18-11-7-5-2/h8-9,12,16H,4-7,10-11H2,1-3H3. The van der Waals surface area contributed by atoms with Crippen molar-refractivity contribution >= 4 is 12.7 Å². The maximum Gasteiger partial charge on any atom is 0.159 e. The molecule has 0 bridgehead atoms. The summed E-state index contributed by atoms with van der Waals surface area (Å²) in [7, 11) is 0.997. The average Bonchev–Trinajstić information content (AvgIpc) is 2.40. The van der Waals surface area contributed by atoms with E-state index in [-0.39, 0.29) is 0 Å². The molecule has 0 aliphatic rings. The summed E-state index contributed by atoms with van der Waals surface area (Å²) in [6.07, 6.45) is 4.52. The van der Waals surface area contributed by atoms with Gasteiger partial charge in [-0.15, -0.1) is 0 Å². The Morgan fingerprint density at radius 1 is 1.00 bits per heavy atom. The molecule has 0 aliphatic heterocycles. The minimum absolute atomic E-state index is 0.788. The predicted molar refractivity (Wildman–Crippen MR) is 79.9 cm³/mol. The van der Waals surface area contributed by atoms with Crippen LogP contribution >= 0.6 is 0 Å². The largest absolute Gasteiger partial charge is 0.494 e. The Morgan fingerprint density at radius 3 is 2.28 bits per heavy atom. The number of hydrogen-bond donors (Lipinski definition) is 0. The van der Waals surface area contributed by atoms with Gasteiger partial charge in [0.1, 0.15) is 11.5 Å². The van der Waals surface area contributed by atoms with E-state index >= 15 is 0 Å². The highest BCUT2D eigenvalue weighted by molar-refractivity contribution is 6.53. The highest BCUT2D eigenvalue weighted by Gasteiger charge is 2.05. The molecule has 1 aromatic carbocycles. The van der Waals surface area contributed by atoms with Crippen molar-refractivity contribution in [2.45, 2.75) is 46.4 Å². The second kappa shape index (κ2) is 8.90. The fraction of sp³-hybridized carbons (Fsp3) is 0.600. The Bertz CT molecular complexity index is 339. The zero-order valence-corrected chi connectivity index (χ0v) is 12.0. The molecule has 0 aliphatic carbocycles. The summed E-state index contributed by atoms with van der Waals surface area (Å²) < 4.78 is 11.5. The topological polar surface area (TPSA) is 18.5 Å². The molecule has 3 heteroatoms. The lowest BCUT2D eigenvalue weighted by Gasteiger charge is -2.12. The molecular formula is C15H25BO2. The first kappa shape index (κ1) is 14.9. The van der Waals surface area contributed by atoms with Gasteiger partial charge in [0, 0.05) is 6.07 Å². The van der Waals surface area contributed by atoms with Crippen LogP contribution in [-0.2, 0) is 0 Å². The number of benzene rings is 1. The summed E-state index contributed by atoms with van der Waals surface area (Å²) in [5.74, 6) is 1.91. The molecule has 0 unspecified atom stereocenters. The molecule has 0 saturated carbocycles. The lowest BCUT2D eigenvalue weighted by atomic mass is 9.73. The first-order valence-electron chi connectivity index (χ1n) is 7.20. The van der Waals surface area contributed by atoms with Crippen LogP contribution in [0.4, 0.5) is 0 Å². The zero-order valence-electron chi connectivity index (χ0n) is 12.0. The summed E-state index contributed by atoms with van der Waals surface area (Å²) in [4.78, 5) is 0. The molecule has 18 heavy (non-hydrogen) atoms. The highest BCUT2D eigenvalue weighted by atomic mass is 16.5. The van der Waals surface area contributed by atoms with E-state index in [1.807, 2.05) is 12.1 Å². The second-order valence-electron chi connectivity index (χ2n) is 4.53. The van der Waals surface area contributed by atoms with Gasteiger partial charge < -0.3 is 9.47 Å². The third-order valence-electron chi connectivity index (χ3n) is 2.94. The van der Waals surface area contributed by atoms with Gasteiger partial charge in [-0.1, -0.05) is 39.6 Å². The SMILES string of the molecule is CBc1ccc(OCCCC)cc1OCCCC. The van der Waals surface area contributed by atoms with Gasteiger partial charge in [-0.05, 0) is 24.4 Å². The van der Waals surface area contributed by atoms with E-state index in [1.165, 1.54) is 5.46 Å². The quantitative estimate of drug-likeness (QED) is 0.493. The van der Waals surface area contributed by atoms with E-state index in [1.54, 1.807) is 0 Å². The molecule has 100 valence electrons. The van der Waals surface area contributed by atoms with Gasteiger partial charge in [0.25, 0.3) is 0 Å². The molecule has 0 radical (unpaired) electrons. The maximum atomic E-state index is 5.84. The molecule has 0 N–H and O–H groups in total. The van der Waals surface area contributed by atoms with Crippen LogP contribution in [0.5, 0.6) is 11.5 Å². The molecule has 0 spiro atoms. The predicted octanol–water partition coefficient (Wildman–Crippen LogP) is 3.15. The van der Waals surface area contributed by atoms with Gasteiger partial charge in [0.2, 0.25) is 0 Å². The summed E-state index contributed by atoms with van der Waals surface area (Å²) in [6.45, 7) is 8.08. The van der Waals surface area contributed by atoms with Crippen molar-refractivity contribution in [3.63, 3.8) is 0 Å². The average molecular weight is 248 g/mol. The smallest absolute Gasteiger partial charge is 0.159 e. The lowest BCUT2D eigenvalue weighted by Crippen LogP contribution is -2.15. The van der Waals surface area contributed by atoms with Crippen molar-refractivity contribution in [2.24, 2.45) is 0 Å². The molecule has 0 amide bonds. The van der Waals surface area contributed by atoms with Gasteiger partial charge in [0.05, 0.1) is 13.2 Å². The summed E-state index contributed by atoms with van der Waals surface area (Å²) in [5, 5.41) is 0. The summed E-state index contributed by atoms with van der Waals surface area (Å²) in [6, 6.07) is 6.19. The normalized spacial score (nSPS) is 10.2. The van der Waals surface area contributed by atoms with E-state index in [4.69, 9.17) is 9.47 Å². The van der Waals surface area contributed by atoms with Crippen molar-refractivity contribution in [3.8, 4) is 11.5 Å². The van der Waals surface area contributed by atoms with Crippen LogP contribution in [0.25, 0.3) is 0 Å². The van der Waals surface area contributed by atoms with Crippen LogP contribution in [0.15, 0.2) is 18.2 Å². The molecule has 1 rings (SSSR count). The fourth-order valence-corrected chi connectivity index (χ4v) is 1.71. The van der Waals surface area contributed by atoms with Crippen LogP contribution in [0.1, 0.15) is 39.5 Å². The van der Waals surface area contributed by atoms with E-state index < -0.39 is 0 Å². The van der Waals surface area contributed by atoms with E-state index in [0.717, 1.165) is 57.7 Å². The fourth-order valence-electron chi connectivity index (χ4n) is 1.71. The minimum atomic E-state index is 0.788. The monoisotopic (exact) mass is 248 g/mol. The van der Waals surface area contributed by atoms with E-state index in [0.29, 0.717) is 0 Å². The lowest BCUT2D eigenvalue weighted by molar-refractivity contribution is 0.295. The van der Waals surface area contributed by atoms with Crippen LogP contribution in [0, 0.1) is 0 Å². The van der Waals surface area contributed by atoms with Gasteiger partial charge in [-0.3, -0.25) is 0 Å². The molecule has 1 aromatic rings. The third-order valence-corrected chi connectivity index (χ3v) is 2.94. The van der Waals surface area contributed by atoms with Crippen molar-refractivity contribution in [1.82, 2.24) is 0 Å². The van der Waals surface area contributed by atoms with E-state index in [2.05, 4.69) is 26.7 Å². The number of unbranched alkanes of at least 4 members (excludes halogenated alkanes) is 2. The summed E-state index contributed by atoms with van der Waals surface area (Å²) in [5.41, 5.74) is 1.26. The van der Waals surface area contributed by atoms with Crippen LogP contribution in [0.3, 0.4) is 0 Å². The molecule has 0 atom stereocenters. The number of hydrogen-bond acceptors (Lipinski definition) is 2. The first-order chi connectivity index (χ1) is 8.81. The van der Waals surface area contributed by atoms with Crippen molar-refractivity contribution in [3.05, 3.63) is 18.2 Å². The number of rotatable bonds is 9. The van der Waals surface area contributed by atoms with Gasteiger partial charge in [-0.25, -0.2) is 0 Å². The Hall–Kier alpha value is -1.12. The molecule has 2 nitrogen and oxygen atoms in total.